The highest BCUT2D eigenvalue weighted by Gasteiger charge is 2.17. The van der Waals surface area contributed by atoms with E-state index >= 15 is 0 Å². The Labute approximate surface area is 105 Å². The van der Waals surface area contributed by atoms with Gasteiger partial charge in [0.15, 0.2) is 0 Å². The van der Waals surface area contributed by atoms with Crippen molar-refractivity contribution in [1.29, 1.82) is 0 Å². The Morgan fingerprint density at radius 2 is 2.11 bits per heavy atom. The lowest BCUT2D eigenvalue weighted by Gasteiger charge is -2.29. The molecule has 0 amide bonds. The molecule has 2 rings (SSSR count). The Bertz CT molecular complexity index is 431. The SMILES string of the molecule is NCCc1cc(N2CCOCC2)ccc1[N+](=O)[O-]. The number of anilines is 1. The maximum absolute atomic E-state index is 10.9. The molecule has 0 unspecified atom stereocenters. The Morgan fingerprint density at radius 3 is 2.72 bits per heavy atom. The van der Waals surface area contributed by atoms with E-state index in [1.165, 1.54) is 0 Å². The van der Waals surface area contributed by atoms with Crippen LogP contribution in [0.2, 0.25) is 0 Å². The summed E-state index contributed by atoms with van der Waals surface area (Å²) in [6, 6.07) is 5.23. The number of hydrogen-bond donors (Lipinski definition) is 1. The van der Waals surface area contributed by atoms with Crippen molar-refractivity contribution in [3.05, 3.63) is 33.9 Å². The van der Waals surface area contributed by atoms with Crippen LogP contribution in [0.25, 0.3) is 0 Å². The van der Waals surface area contributed by atoms with Crippen molar-refractivity contribution >= 4 is 11.4 Å². The minimum Gasteiger partial charge on any atom is -0.378 e. The fourth-order valence-corrected chi connectivity index (χ4v) is 2.12. The summed E-state index contributed by atoms with van der Waals surface area (Å²) >= 11 is 0. The van der Waals surface area contributed by atoms with Crippen LogP contribution in [0.4, 0.5) is 11.4 Å². The molecule has 0 atom stereocenters. The lowest BCUT2D eigenvalue weighted by Crippen LogP contribution is -2.36. The predicted molar refractivity (Wildman–Crippen MR) is 68.9 cm³/mol. The van der Waals surface area contributed by atoms with Crippen LogP contribution in [0, 0.1) is 10.1 Å². The molecule has 1 aromatic carbocycles. The van der Waals surface area contributed by atoms with Gasteiger partial charge in [-0.25, -0.2) is 0 Å². The zero-order chi connectivity index (χ0) is 13.0. The third-order valence-electron chi connectivity index (χ3n) is 3.05. The molecule has 0 saturated carbocycles. The quantitative estimate of drug-likeness (QED) is 0.636. The highest BCUT2D eigenvalue weighted by atomic mass is 16.6. The molecule has 1 aromatic rings. The molecule has 1 saturated heterocycles. The van der Waals surface area contributed by atoms with Crippen molar-refractivity contribution in [2.45, 2.75) is 6.42 Å². The summed E-state index contributed by atoms with van der Waals surface area (Å²) in [5, 5.41) is 10.9. The third-order valence-corrected chi connectivity index (χ3v) is 3.05. The first-order valence-corrected chi connectivity index (χ1v) is 6.02. The smallest absolute Gasteiger partial charge is 0.272 e. The monoisotopic (exact) mass is 251 g/mol. The van der Waals surface area contributed by atoms with E-state index in [2.05, 4.69) is 4.90 Å². The maximum Gasteiger partial charge on any atom is 0.272 e. The highest BCUT2D eigenvalue weighted by molar-refractivity contribution is 5.56. The molecular formula is C12H17N3O3. The predicted octanol–water partition coefficient (Wildman–Crippen LogP) is 0.933. The van der Waals surface area contributed by atoms with E-state index in [1.54, 1.807) is 12.1 Å². The number of nitro benzene ring substituents is 1. The van der Waals surface area contributed by atoms with Crippen molar-refractivity contribution < 1.29 is 9.66 Å². The zero-order valence-corrected chi connectivity index (χ0v) is 10.2. The number of nitrogens with zero attached hydrogens (tertiary/aromatic N) is 2. The number of morpholine rings is 1. The van der Waals surface area contributed by atoms with Crippen molar-refractivity contribution in [3.63, 3.8) is 0 Å². The number of hydrogen-bond acceptors (Lipinski definition) is 5. The van der Waals surface area contributed by atoms with Gasteiger partial charge in [0.2, 0.25) is 0 Å². The number of ether oxygens (including phenoxy) is 1. The van der Waals surface area contributed by atoms with Gasteiger partial charge in [-0.15, -0.1) is 0 Å². The number of rotatable bonds is 4. The maximum atomic E-state index is 10.9. The lowest BCUT2D eigenvalue weighted by molar-refractivity contribution is -0.385. The van der Waals surface area contributed by atoms with Crippen LogP contribution in [-0.2, 0) is 11.2 Å². The van der Waals surface area contributed by atoms with Gasteiger partial charge in [0.1, 0.15) is 0 Å². The van der Waals surface area contributed by atoms with E-state index in [4.69, 9.17) is 10.5 Å². The second-order valence-electron chi connectivity index (χ2n) is 4.21. The van der Waals surface area contributed by atoms with Gasteiger partial charge < -0.3 is 15.4 Å². The topological polar surface area (TPSA) is 81.6 Å². The van der Waals surface area contributed by atoms with Gasteiger partial charge in [-0.1, -0.05) is 0 Å². The Kier molecular flexibility index (Phi) is 4.11. The first-order chi connectivity index (χ1) is 8.72. The number of benzene rings is 1. The molecule has 1 fully saturated rings. The summed E-state index contributed by atoms with van der Waals surface area (Å²) in [5.41, 5.74) is 7.36. The summed E-state index contributed by atoms with van der Waals surface area (Å²) in [4.78, 5) is 12.7. The van der Waals surface area contributed by atoms with E-state index in [0.717, 1.165) is 18.8 Å². The normalized spacial score (nSPS) is 15.7. The first-order valence-electron chi connectivity index (χ1n) is 6.02. The van der Waals surface area contributed by atoms with Crippen LogP contribution >= 0.6 is 0 Å². The van der Waals surface area contributed by atoms with Gasteiger partial charge in [0.25, 0.3) is 5.69 Å². The summed E-state index contributed by atoms with van der Waals surface area (Å²) in [7, 11) is 0. The molecule has 0 aromatic heterocycles. The molecule has 0 radical (unpaired) electrons. The minimum atomic E-state index is -0.353. The van der Waals surface area contributed by atoms with Crippen molar-refractivity contribution in [2.75, 3.05) is 37.7 Å². The zero-order valence-electron chi connectivity index (χ0n) is 10.2. The van der Waals surface area contributed by atoms with Gasteiger partial charge >= 0.3 is 0 Å². The molecule has 1 heterocycles. The second-order valence-corrected chi connectivity index (χ2v) is 4.21. The minimum absolute atomic E-state index is 0.150. The van der Waals surface area contributed by atoms with Crippen molar-refractivity contribution in [1.82, 2.24) is 0 Å². The fraction of sp³-hybridized carbons (Fsp3) is 0.500. The molecule has 6 heteroatoms. The number of nitro groups is 1. The third kappa shape index (κ3) is 2.77. The molecule has 18 heavy (non-hydrogen) atoms. The molecular weight excluding hydrogens is 234 g/mol. The summed E-state index contributed by atoms with van der Waals surface area (Å²) < 4.78 is 5.29. The van der Waals surface area contributed by atoms with Crippen molar-refractivity contribution in [3.8, 4) is 0 Å². The van der Waals surface area contributed by atoms with Crippen LogP contribution in [0.3, 0.4) is 0 Å². The van der Waals surface area contributed by atoms with Gasteiger partial charge in [-0.3, -0.25) is 10.1 Å². The highest BCUT2D eigenvalue weighted by Crippen LogP contribution is 2.25. The molecule has 98 valence electrons. The van der Waals surface area contributed by atoms with Gasteiger partial charge in [-0.2, -0.15) is 0 Å². The summed E-state index contributed by atoms with van der Waals surface area (Å²) in [6.45, 7) is 3.44. The average Bonchev–Trinajstić information content (AvgIpc) is 2.40. The van der Waals surface area contributed by atoms with Crippen LogP contribution in [0.15, 0.2) is 18.2 Å². The van der Waals surface area contributed by atoms with E-state index < -0.39 is 0 Å². The van der Waals surface area contributed by atoms with E-state index in [0.29, 0.717) is 31.7 Å². The van der Waals surface area contributed by atoms with E-state index in [9.17, 15) is 10.1 Å². The Morgan fingerprint density at radius 1 is 1.39 bits per heavy atom. The van der Waals surface area contributed by atoms with Gasteiger partial charge in [0.05, 0.1) is 18.1 Å². The standard InChI is InChI=1S/C12H17N3O3/c13-4-3-10-9-11(1-2-12(10)15(16)17)14-5-7-18-8-6-14/h1-2,9H,3-8,13H2. The van der Waals surface area contributed by atoms with Gasteiger partial charge in [-0.05, 0) is 25.1 Å². The largest absolute Gasteiger partial charge is 0.378 e. The summed E-state index contributed by atoms with van der Waals surface area (Å²) in [6.07, 6.45) is 0.522. The molecule has 2 N–H and O–H groups in total. The Balaban J connectivity index is 2.26. The van der Waals surface area contributed by atoms with Crippen LogP contribution in [0.1, 0.15) is 5.56 Å². The summed E-state index contributed by atoms with van der Waals surface area (Å²) in [5.74, 6) is 0. The van der Waals surface area contributed by atoms with Gasteiger partial charge in [0, 0.05) is 30.4 Å². The average molecular weight is 251 g/mol. The lowest BCUT2D eigenvalue weighted by atomic mass is 10.1. The van der Waals surface area contributed by atoms with Crippen LogP contribution in [0.5, 0.6) is 0 Å². The molecule has 1 aliphatic heterocycles. The molecule has 0 bridgehead atoms. The fourth-order valence-electron chi connectivity index (χ4n) is 2.12. The molecule has 0 aliphatic carbocycles. The Hall–Kier alpha value is -1.66. The van der Waals surface area contributed by atoms with Crippen molar-refractivity contribution in [2.24, 2.45) is 5.73 Å². The number of nitrogens with two attached hydrogens (primary N) is 1. The second kappa shape index (κ2) is 5.79. The van der Waals surface area contributed by atoms with Crippen LogP contribution < -0.4 is 10.6 Å². The molecule has 0 spiro atoms. The molecule has 1 aliphatic rings. The van der Waals surface area contributed by atoms with E-state index in [1.807, 2.05) is 6.07 Å². The van der Waals surface area contributed by atoms with E-state index in [-0.39, 0.29) is 10.6 Å². The van der Waals surface area contributed by atoms with Crippen LogP contribution in [-0.4, -0.2) is 37.8 Å². The molecule has 6 nitrogen and oxygen atoms in total. The first kappa shape index (κ1) is 12.8.